The molecule has 0 spiro atoms. The fraction of sp³-hybridized carbons (Fsp3) is 0.727. The molecule has 0 saturated carbocycles. The van der Waals surface area contributed by atoms with E-state index in [0.29, 0.717) is 19.5 Å². The van der Waals surface area contributed by atoms with Crippen molar-refractivity contribution in [1.29, 1.82) is 0 Å². The molecular weight excluding hydrogens is 238 g/mol. The van der Waals surface area contributed by atoms with Crippen LogP contribution in [0.5, 0.6) is 0 Å². The first-order valence-electron chi connectivity index (χ1n) is 5.91. The van der Waals surface area contributed by atoms with E-state index in [-0.39, 0.29) is 23.3 Å². The molecule has 0 bridgehead atoms. The van der Waals surface area contributed by atoms with Gasteiger partial charge in [-0.05, 0) is 12.8 Å². The molecule has 0 aromatic heterocycles. The van der Waals surface area contributed by atoms with Crippen LogP contribution in [-0.4, -0.2) is 41.3 Å². The number of rotatable bonds is 4. The first-order valence-corrected chi connectivity index (χ1v) is 6.32. The molecule has 2 amide bonds. The van der Waals surface area contributed by atoms with Gasteiger partial charge in [0.1, 0.15) is 0 Å². The number of nitrogens with one attached hydrogen (secondary N) is 1. The Bertz CT molecular complexity index is 320. The minimum Gasteiger partial charge on any atom is -0.393 e. The average molecular weight is 257 g/mol. The smallest absolute Gasteiger partial charge is 0.239 e. The number of nitrogens with two attached hydrogens (primary N) is 1. The summed E-state index contributed by atoms with van der Waals surface area (Å²) in [6, 6.07) is 0. The van der Waals surface area contributed by atoms with Crippen LogP contribution in [0.1, 0.15) is 26.2 Å². The van der Waals surface area contributed by atoms with E-state index in [1.54, 1.807) is 4.90 Å². The molecule has 96 valence electrons. The Labute approximate surface area is 107 Å². The summed E-state index contributed by atoms with van der Waals surface area (Å²) >= 11 is 4.92. The predicted octanol–water partition coefficient (Wildman–Crippen LogP) is 0.0373. The maximum absolute atomic E-state index is 12.2. The van der Waals surface area contributed by atoms with Crippen molar-refractivity contribution in [3.63, 3.8) is 0 Å². The maximum Gasteiger partial charge on any atom is 0.239 e. The highest BCUT2D eigenvalue weighted by molar-refractivity contribution is 7.80. The summed E-state index contributed by atoms with van der Waals surface area (Å²) in [5, 5.41) is 2.73. The van der Waals surface area contributed by atoms with Gasteiger partial charge in [-0.1, -0.05) is 25.6 Å². The highest BCUT2D eigenvalue weighted by Crippen LogP contribution is 2.12. The number of hydrogen-bond donors (Lipinski definition) is 2. The maximum atomic E-state index is 12.2. The van der Waals surface area contributed by atoms with Crippen molar-refractivity contribution in [3.8, 4) is 0 Å². The van der Waals surface area contributed by atoms with Crippen LogP contribution in [0.2, 0.25) is 0 Å². The minimum absolute atomic E-state index is 0.113. The van der Waals surface area contributed by atoms with E-state index >= 15 is 0 Å². The first-order chi connectivity index (χ1) is 8.06. The fourth-order valence-electron chi connectivity index (χ4n) is 1.89. The van der Waals surface area contributed by atoms with Gasteiger partial charge in [-0.15, -0.1) is 0 Å². The molecule has 0 aromatic rings. The van der Waals surface area contributed by atoms with E-state index in [2.05, 4.69) is 5.32 Å². The van der Waals surface area contributed by atoms with Crippen LogP contribution in [0, 0.1) is 5.92 Å². The molecule has 3 N–H and O–H groups in total. The summed E-state index contributed by atoms with van der Waals surface area (Å²) in [6.45, 7) is 3.30. The topological polar surface area (TPSA) is 75.4 Å². The minimum atomic E-state index is -0.430. The van der Waals surface area contributed by atoms with Crippen LogP contribution < -0.4 is 11.1 Å². The molecule has 17 heavy (non-hydrogen) atoms. The Hall–Kier alpha value is -1.17. The van der Waals surface area contributed by atoms with Crippen LogP contribution in [0.25, 0.3) is 0 Å². The Morgan fingerprint density at radius 1 is 1.65 bits per heavy atom. The number of carbonyl (C=O) groups is 2. The number of amides is 2. The Kier molecular flexibility index (Phi) is 5.34. The zero-order valence-electron chi connectivity index (χ0n) is 10.1. The summed E-state index contributed by atoms with van der Waals surface area (Å²) < 4.78 is 0. The Morgan fingerprint density at radius 3 is 2.94 bits per heavy atom. The lowest BCUT2D eigenvalue weighted by Crippen LogP contribution is -2.44. The molecule has 1 rings (SSSR count). The average Bonchev–Trinajstić information content (AvgIpc) is 2.49. The third-order valence-corrected chi connectivity index (χ3v) is 3.08. The monoisotopic (exact) mass is 257 g/mol. The van der Waals surface area contributed by atoms with Gasteiger partial charge in [-0.3, -0.25) is 9.59 Å². The quantitative estimate of drug-likeness (QED) is 0.697. The van der Waals surface area contributed by atoms with Crippen LogP contribution >= 0.6 is 12.2 Å². The van der Waals surface area contributed by atoms with Gasteiger partial charge in [-0.25, -0.2) is 0 Å². The van der Waals surface area contributed by atoms with Crippen molar-refractivity contribution in [3.05, 3.63) is 0 Å². The Morgan fingerprint density at radius 2 is 2.35 bits per heavy atom. The van der Waals surface area contributed by atoms with Crippen molar-refractivity contribution >= 4 is 29.0 Å². The molecule has 5 nitrogen and oxygen atoms in total. The van der Waals surface area contributed by atoms with E-state index in [9.17, 15) is 9.59 Å². The van der Waals surface area contributed by atoms with Crippen molar-refractivity contribution in [2.75, 3.05) is 19.6 Å². The van der Waals surface area contributed by atoms with Crippen molar-refractivity contribution in [1.82, 2.24) is 10.2 Å². The third kappa shape index (κ3) is 3.96. The molecule has 0 aliphatic carbocycles. The number of nitrogens with zero attached hydrogens (tertiary/aromatic N) is 1. The predicted molar refractivity (Wildman–Crippen MR) is 69.4 cm³/mol. The molecule has 1 saturated heterocycles. The van der Waals surface area contributed by atoms with Gasteiger partial charge in [0.15, 0.2) is 0 Å². The standard InChI is InChI=1S/C11H19N3O2S/c1-2-4-8(10(12)17)11(16)14-6-3-5-13-9(15)7-14/h8H,2-7H2,1H3,(H2,12,17)(H,13,15). The van der Waals surface area contributed by atoms with Crippen LogP contribution in [0.3, 0.4) is 0 Å². The van der Waals surface area contributed by atoms with Crippen molar-refractivity contribution < 1.29 is 9.59 Å². The lowest BCUT2D eigenvalue weighted by atomic mass is 10.0. The number of hydrogen-bond acceptors (Lipinski definition) is 3. The van der Waals surface area contributed by atoms with Crippen molar-refractivity contribution in [2.24, 2.45) is 11.7 Å². The summed E-state index contributed by atoms with van der Waals surface area (Å²) in [4.78, 5) is 25.4. The summed E-state index contributed by atoms with van der Waals surface area (Å²) in [5.74, 6) is -0.661. The summed E-state index contributed by atoms with van der Waals surface area (Å²) in [5.41, 5.74) is 5.59. The second kappa shape index (κ2) is 6.54. The molecule has 0 aromatic carbocycles. The van der Waals surface area contributed by atoms with E-state index in [0.717, 1.165) is 12.8 Å². The van der Waals surface area contributed by atoms with Gasteiger partial charge < -0.3 is 16.0 Å². The van der Waals surface area contributed by atoms with E-state index in [1.165, 1.54) is 0 Å². The van der Waals surface area contributed by atoms with Gasteiger partial charge in [0.05, 0.1) is 17.5 Å². The molecule has 1 unspecified atom stereocenters. The Balaban J connectivity index is 2.71. The first kappa shape index (κ1) is 13.9. The second-order valence-electron chi connectivity index (χ2n) is 4.21. The van der Waals surface area contributed by atoms with E-state index < -0.39 is 5.92 Å². The molecule has 6 heteroatoms. The molecule has 1 fully saturated rings. The lowest BCUT2D eigenvalue weighted by molar-refractivity contribution is -0.137. The summed E-state index contributed by atoms with van der Waals surface area (Å²) in [7, 11) is 0. The highest BCUT2D eigenvalue weighted by atomic mass is 32.1. The van der Waals surface area contributed by atoms with Gasteiger partial charge in [0.2, 0.25) is 11.8 Å². The molecule has 1 aliphatic heterocycles. The molecule has 1 atom stereocenters. The molecule has 1 heterocycles. The summed E-state index contributed by atoms with van der Waals surface area (Å²) in [6.07, 6.45) is 2.26. The van der Waals surface area contributed by atoms with Crippen LogP contribution in [0.15, 0.2) is 0 Å². The van der Waals surface area contributed by atoms with Gasteiger partial charge in [-0.2, -0.15) is 0 Å². The third-order valence-electron chi connectivity index (χ3n) is 2.79. The molecule has 0 radical (unpaired) electrons. The molecule has 1 aliphatic rings. The van der Waals surface area contributed by atoms with Gasteiger partial charge in [0, 0.05) is 13.1 Å². The zero-order valence-corrected chi connectivity index (χ0v) is 10.9. The lowest BCUT2D eigenvalue weighted by Gasteiger charge is -2.24. The van der Waals surface area contributed by atoms with E-state index in [1.807, 2.05) is 6.92 Å². The normalized spacial score (nSPS) is 18.2. The number of thiocarbonyl (C=S) groups is 1. The number of carbonyl (C=O) groups excluding carboxylic acids is 2. The SMILES string of the molecule is CCCC(C(=O)N1CCCNC(=O)C1)C(N)=S. The van der Waals surface area contributed by atoms with Crippen LogP contribution in [0.4, 0.5) is 0 Å². The fourth-order valence-corrected chi connectivity index (χ4v) is 2.11. The van der Waals surface area contributed by atoms with Gasteiger partial charge in [0.25, 0.3) is 0 Å². The zero-order chi connectivity index (χ0) is 12.8. The highest BCUT2D eigenvalue weighted by Gasteiger charge is 2.28. The van der Waals surface area contributed by atoms with Crippen LogP contribution in [-0.2, 0) is 9.59 Å². The van der Waals surface area contributed by atoms with Crippen molar-refractivity contribution in [2.45, 2.75) is 26.2 Å². The van der Waals surface area contributed by atoms with E-state index in [4.69, 9.17) is 18.0 Å². The largest absolute Gasteiger partial charge is 0.393 e. The molecular formula is C11H19N3O2S. The van der Waals surface area contributed by atoms with Gasteiger partial charge >= 0.3 is 0 Å². The second-order valence-corrected chi connectivity index (χ2v) is 4.68.